The van der Waals surface area contributed by atoms with Crippen LogP contribution in [0, 0.1) is 17.8 Å². The van der Waals surface area contributed by atoms with Crippen LogP contribution in [0.25, 0.3) is 0 Å². The van der Waals surface area contributed by atoms with Crippen LogP contribution in [0.3, 0.4) is 0 Å². The molecule has 1 atom stereocenters. The molecule has 0 aliphatic heterocycles. The van der Waals surface area contributed by atoms with Gasteiger partial charge < -0.3 is 20.8 Å². The Bertz CT molecular complexity index is 363. The molecule has 2 aliphatic rings. The quantitative estimate of drug-likeness (QED) is 0.533. The number of hydrogen-bond donors (Lipinski definition) is 4. The number of rotatable bonds is 8. The van der Waals surface area contributed by atoms with Gasteiger partial charge in [0.1, 0.15) is 0 Å². The monoisotopic (exact) mass is 284 g/mol. The third-order valence-electron chi connectivity index (χ3n) is 4.12. The molecule has 0 heterocycles. The maximum Gasteiger partial charge on any atom is 0.314 e. The zero-order valence-electron chi connectivity index (χ0n) is 11.9. The van der Waals surface area contributed by atoms with Gasteiger partial charge in [-0.25, -0.2) is 4.79 Å². The number of amides is 2. The minimum absolute atomic E-state index is 0.0668. The Labute approximate surface area is 118 Å². The summed E-state index contributed by atoms with van der Waals surface area (Å²) in [7, 11) is 0. The Hall–Kier alpha value is -1.30. The van der Waals surface area contributed by atoms with Crippen molar-refractivity contribution in [2.24, 2.45) is 17.8 Å². The normalized spacial score (nSPS) is 21.4. The molecular weight excluding hydrogens is 260 g/mol. The lowest BCUT2D eigenvalue weighted by atomic mass is 9.98. The summed E-state index contributed by atoms with van der Waals surface area (Å²) in [6.45, 7) is 2.02. The molecule has 1 unspecified atom stereocenters. The summed E-state index contributed by atoms with van der Waals surface area (Å²) in [4.78, 5) is 22.2. The summed E-state index contributed by atoms with van der Waals surface area (Å²) < 4.78 is 0. The number of aliphatic hydroxyl groups is 1. The summed E-state index contributed by atoms with van der Waals surface area (Å²) >= 11 is 0. The number of carboxylic acid groups (broad SMARTS) is 1. The Balaban J connectivity index is 1.65. The van der Waals surface area contributed by atoms with Crippen molar-refractivity contribution < 1.29 is 19.8 Å². The number of nitrogens with one attached hydrogen (secondary N) is 2. The molecule has 0 bridgehead atoms. The second-order valence-corrected chi connectivity index (χ2v) is 6.47. The minimum atomic E-state index is -1.42. The highest BCUT2D eigenvalue weighted by molar-refractivity contribution is 5.74. The Morgan fingerprint density at radius 2 is 1.75 bits per heavy atom. The molecule has 2 aliphatic carbocycles. The summed E-state index contributed by atoms with van der Waals surface area (Å²) in [5, 5.41) is 23.8. The zero-order valence-corrected chi connectivity index (χ0v) is 11.9. The number of carbonyl (C=O) groups is 2. The molecule has 0 aromatic rings. The predicted molar refractivity (Wildman–Crippen MR) is 73.2 cm³/mol. The van der Waals surface area contributed by atoms with Crippen LogP contribution in [0.2, 0.25) is 0 Å². The molecule has 114 valence electrons. The van der Waals surface area contributed by atoms with Gasteiger partial charge >= 0.3 is 12.0 Å². The van der Waals surface area contributed by atoms with E-state index in [4.69, 9.17) is 5.11 Å². The fourth-order valence-electron chi connectivity index (χ4n) is 2.70. The number of hydrogen-bond acceptors (Lipinski definition) is 3. The average molecular weight is 284 g/mol. The van der Waals surface area contributed by atoms with E-state index in [9.17, 15) is 14.7 Å². The van der Waals surface area contributed by atoms with Gasteiger partial charge in [-0.1, -0.05) is 0 Å². The van der Waals surface area contributed by atoms with E-state index in [2.05, 4.69) is 10.6 Å². The predicted octanol–water partition coefficient (Wildman–Crippen LogP) is 0.947. The first-order valence-electron chi connectivity index (χ1n) is 7.33. The molecule has 20 heavy (non-hydrogen) atoms. The largest absolute Gasteiger partial charge is 0.481 e. The van der Waals surface area contributed by atoms with Crippen LogP contribution in [0.4, 0.5) is 4.79 Å². The average Bonchev–Trinajstić information content (AvgIpc) is 3.18. The van der Waals surface area contributed by atoms with E-state index in [1.54, 1.807) is 0 Å². The van der Waals surface area contributed by atoms with Crippen molar-refractivity contribution >= 4 is 12.0 Å². The van der Waals surface area contributed by atoms with E-state index < -0.39 is 11.6 Å². The molecule has 6 nitrogen and oxygen atoms in total. The summed E-state index contributed by atoms with van der Waals surface area (Å²) in [5.41, 5.74) is -1.42. The number of urea groups is 1. The highest BCUT2D eigenvalue weighted by Gasteiger charge is 2.41. The van der Waals surface area contributed by atoms with Gasteiger partial charge in [-0.05, 0) is 50.4 Å². The van der Waals surface area contributed by atoms with Crippen LogP contribution in [0.1, 0.15) is 39.0 Å². The highest BCUT2D eigenvalue weighted by Crippen LogP contribution is 2.48. The van der Waals surface area contributed by atoms with E-state index in [1.807, 2.05) is 0 Å². The fraction of sp³-hybridized carbons (Fsp3) is 0.857. The first kappa shape index (κ1) is 15.1. The molecule has 4 N–H and O–H groups in total. The van der Waals surface area contributed by atoms with Crippen LogP contribution in [0.15, 0.2) is 0 Å². The maximum absolute atomic E-state index is 11.7. The van der Waals surface area contributed by atoms with Crippen LogP contribution in [-0.2, 0) is 4.79 Å². The Morgan fingerprint density at radius 3 is 2.20 bits per heavy atom. The van der Waals surface area contributed by atoms with E-state index in [-0.39, 0.29) is 19.0 Å². The molecule has 0 aromatic carbocycles. The fourth-order valence-corrected chi connectivity index (χ4v) is 2.70. The van der Waals surface area contributed by atoms with Crippen LogP contribution >= 0.6 is 0 Å². The van der Waals surface area contributed by atoms with Crippen molar-refractivity contribution in [1.82, 2.24) is 10.6 Å². The lowest BCUT2D eigenvalue weighted by molar-refractivity contribution is -0.141. The van der Waals surface area contributed by atoms with E-state index in [1.165, 1.54) is 32.6 Å². The molecule has 6 heteroatoms. The lowest BCUT2D eigenvalue weighted by Crippen LogP contribution is -2.46. The van der Waals surface area contributed by atoms with Crippen LogP contribution in [-0.4, -0.2) is 40.9 Å². The van der Waals surface area contributed by atoms with Gasteiger partial charge in [0.25, 0.3) is 0 Å². The van der Waals surface area contributed by atoms with E-state index in [0.29, 0.717) is 12.5 Å². The first-order valence-corrected chi connectivity index (χ1v) is 7.33. The standard InChI is InChI=1S/C14H24N2O4/c1-14(20,6-12(17)18)8-16-13(19)15-7-11(9-2-3-9)10-4-5-10/h9-11,20H,2-8H2,1H3,(H,17,18)(H2,15,16,19). The summed E-state index contributed by atoms with van der Waals surface area (Å²) in [6.07, 6.45) is 4.71. The van der Waals surface area contributed by atoms with Gasteiger partial charge in [0, 0.05) is 13.1 Å². The number of aliphatic carboxylic acids is 1. The highest BCUT2D eigenvalue weighted by atomic mass is 16.4. The van der Waals surface area contributed by atoms with Crippen LogP contribution in [0.5, 0.6) is 0 Å². The van der Waals surface area contributed by atoms with Gasteiger partial charge in [-0.3, -0.25) is 4.79 Å². The number of carbonyl (C=O) groups excluding carboxylic acids is 1. The molecule has 0 radical (unpaired) electrons. The van der Waals surface area contributed by atoms with Crippen molar-refractivity contribution in [1.29, 1.82) is 0 Å². The maximum atomic E-state index is 11.7. The second kappa shape index (κ2) is 5.99. The van der Waals surface area contributed by atoms with Gasteiger partial charge in [0.2, 0.25) is 0 Å². The molecule has 2 saturated carbocycles. The lowest BCUT2D eigenvalue weighted by Gasteiger charge is -2.22. The van der Waals surface area contributed by atoms with Gasteiger partial charge in [0.15, 0.2) is 0 Å². The van der Waals surface area contributed by atoms with Gasteiger partial charge in [0.05, 0.1) is 12.0 Å². The minimum Gasteiger partial charge on any atom is -0.481 e. The SMILES string of the molecule is CC(O)(CNC(=O)NCC(C1CC1)C1CC1)CC(=O)O. The summed E-state index contributed by atoms with van der Waals surface area (Å²) in [5.74, 6) is 1.07. The molecule has 0 aromatic heterocycles. The molecule has 2 amide bonds. The zero-order chi connectivity index (χ0) is 14.8. The Kier molecular flexibility index (Phi) is 4.52. The van der Waals surface area contributed by atoms with E-state index >= 15 is 0 Å². The molecule has 2 rings (SSSR count). The molecule has 0 saturated heterocycles. The van der Waals surface area contributed by atoms with E-state index in [0.717, 1.165) is 11.8 Å². The van der Waals surface area contributed by atoms with Crippen molar-refractivity contribution in [3.8, 4) is 0 Å². The molecule has 0 spiro atoms. The topological polar surface area (TPSA) is 98.7 Å². The molecular formula is C14H24N2O4. The first-order chi connectivity index (χ1) is 9.37. The Morgan fingerprint density at radius 1 is 1.20 bits per heavy atom. The van der Waals surface area contributed by atoms with Crippen LogP contribution < -0.4 is 10.6 Å². The third-order valence-corrected chi connectivity index (χ3v) is 4.12. The van der Waals surface area contributed by atoms with Crippen molar-refractivity contribution in [2.75, 3.05) is 13.1 Å². The third kappa shape index (κ3) is 5.00. The smallest absolute Gasteiger partial charge is 0.314 e. The summed E-state index contributed by atoms with van der Waals surface area (Å²) in [6, 6.07) is -0.332. The second-order valence-electron chi connectivity index (χ2n) is 6.47. The number of carboxylic acids is 1. The molecule has 2 fully saturated rings. The van der Waals surface area contributed by atoms with Crippen molar-refractivity contribution in [3.63, 3.8) is 0 Å². The van der Waals surface area contributed by atoms with Crippen molar-refractivity contribution in [3.05, 3.63) is 0 Å². The van der Waals surface area contributed by atoms with Gasteiger partial charge in [-0.15, -0.1) is 0 Å². The van der Waals surface area contributed by atoms with Crippen molar-refractivity contribution in [2.45, 2.75) is 44.6 Å². The van der Waals surface area contributed by atoms with Gasteiger partial charge in [-0.2, -0.15) is 0 Å².